The summed E-state index contributed by atoms with van der Waals surface area (Å²) in [6, 6.07) is 8.40. The van der Waals surface area contributed by atoms with E-state index in [0.717, 1.165) is 22.3 Å². The van der Waals surface area contributed by atoms with Crippen molar-refractivity contribution < 1.29 is 18.7 Å². The highest BCUT2D eigenvalue weighted by molar-refractivity contribution is 7.09. The first-order valence-electron chi connectivity index (χ1n) is 9.78. The van der Waals surface area contributed by atoms with Gasteiger partial charge < -0.3 is 14.7 Å². The molecule has 166 valence electrons. The molecule has 0 amide bonds. The molecule has 3 heterocycles. The number of nitrogens with one attached hydrogen (secondary N) is 1. The van der Waals surface area contributed by atoms with E-state index >= 15 is 0 Å². The quantitative estimate of drug-likeness (QED) is 0.417. The van der Waals surface area contributed by atoms with Crippen LogP contribution in [0, 0.1) is 18.6 Å². The normalized spacial score (nSPS) is 11.5. The molecule has 0 saturated carbocycles. The van der Waals surface area contributed by atoms with Crippen LogP contribution in [0.15, 0.2) is 56.7 Å². The number of hydrogen-bond acceptors (Lipinski definition) is 4. The average Bonchev–Trinajstić information content (AvgIpc) is 3.34. The van der Waals surface area contributed by atoms with Crippen molar-refractivity contribution in [2.24, 2.45) is 0 Å². The molecule has 0 saturated heterocycles. The Balaban J connectivity index is 1.89. The number of aryl methyl sites for hydroxylation is 1. The Bertz CT molecular complexity index is 1710. The number of benzene rings is 2. The number of hydrogen-bond donors (Lipinski definition) is 2. The molecule has 0 atom stereocenters. The number of carboxylic acid groups (broad SMARTS) is 1. The molecule has 0 radical (unpaired) electrons. The third kappa shape index (κ3) is 3.26. The van der Waals surface area contributed by atoms with Gasteiger partial charge >= 0.3 is 11.7 Å². The zero-order valence-electron chi connectivity index (χ0n) is 17.1. The molecule has 2 aromatic carbocycles. The van der Waals surface area contributed by atoms with Gasteiger partial charge in [0.1, 0.15) is 0 Å². The SMILES string of the molecule is Cc1ccc2c(c1)c(-n1c(=O)[nH]c3cscc3c1=O)c(C(=O)O)n2Cc1ccc(F)c(F)c1. The highest BCUT2D eigenvalue weighted by Crippen LogP contribution is 2.31. The predicted octanol–water partition coefficient (Wildman–Crippen LogP) is 4.03. The van der Waals surface area contributed by atoms with E-state index in [1.54, 1.807) is 35.9 Å². The third-order valence-corrected chi connectivity index (χ3v) is 6.23. The predicted molar refractivity (Wildman–Crippen MR) is 121 cm³/mol. The Morgan fingerprint density at radius 2 is 1.85 bits per heavy atom. The zero-order chi connectivity index (χ0) is 23.4. The van der Waals surface area contributed by atoms with Crippen LogP contribution in [-0.4, -0.2) is 25.2 Å². The van der Waals surface area contributed by atoms with Gasteiger partial charge in [0.15, 0.2) is 17.3 Å². The van der Waals surface area contributed by atoms with Crippen molar-refractivity contribution >= 4 is 39.1 Å². The molecule has 10 heteroatoms. The van der Waals surface area contributed by atoms with E-state index in [1.165, 1.54) is 22.0 Å². The fourth-order valence-electron chi connectivity index (χ4n) is 4.03. The van der Waals surface area contributed by atoms with Crippen molar-refractivity contribution in [2.45, 2.75) is 13.5 Å². The van der Waals surface area contributed by atoms with Crippen LogP contribution >= 0.6 is 11.3 Å². The zero-order valence-corrected chi connectivity index (χ0v) is 17.9. The molecule has 0 spiro atoms. The number of halogens is 2. The van der Waals surface area contributed by atoms with Gasteiger partial charge in [-0.15, -0.1) is 11.3 Å². The summed E-state index contributed by atoms with van der Waals surface area (Å²) in [5.41, 5.74) is 0.0688. The lowest BCUT2D eigenvalue weighted by Crippen LogP contribution is -2.34. The lowest BCUT2D eigenvalue weighted by molar-refractivity contribution is 0.0686. The summed E-state index contributed by atoms with van der Waals surface area (Å²) in [7, 11) is 0. The Kier molecular flexibility index (Phi) is 4.75. The molecule has 33 heavy (non-hydrogen) atoms. The number of H-pyrrole nitrogens is 1. The van der Waals surface area contributed by atoms with Crippen molar-refractivity contribution in [3.05, 3.63) is 96.5 Å². The summed E-state index contributed by atoms with van der Waals surface area (Å²) < 4.78 is 29.4. The molecule has 0 bridgehead atoms. The van der Waals surface area contributed by atoms with E-state index in [1.807, 2.05) is 0 Å². The molecule has 2 N–H and O–H groups in total. The van der Waals surface area contributed by atoms with E-state index in [-0.39, 0.29) is 23.3 Å². The second kappa shape index (κ2) is 7.52. The number of carbonyl (C=O) groups is 1. The first-order chi connectivity index (χ1) is 15.8. The van der Waals surface area contributed by atoms with Crippen molar-refractivity contribution in [1.29, 1.82) is 0 Å². The molecule has 0 aliphatic heterocycles. The Morgan fingerprint density at radius 1 is 1.06 bits per heavy atom. The molecule has 0 unspecified atom stereocenters. The van der Waals surface area contributed by atoms with Crippen molar-refractivity contribution in [2.75, 3.05) is 0 Å². The lowest BCUT2D eigenvalue weighted by atomic mass is 10.1. The van der Waals surface area contributed by atoms with E-state index in [2.05, 4.69) is 4.98 Å². The first-order valence-corrected chi connectivity index (χ1v) is 10.7. The maximum absolute atomic E-state index is 13.8. The molecular formula is C23H15F2N3O4S. The van der Waals surface area contributed by atoms with Crippen molar-refractivity contribution in [3.63, 3.8) is 0 Å². The van der Waals surface area contributed by atoms with Gasteiger partial charge in [-0.2, -0.15) is 0 Å². The van der Waals surface area contributed by atoms with Gasteiger partial charge in [0.25, 0.3) is 5.56 Å². The summed E-state index contributed by atoms with van der Waals surface area (Å²) >= 11 is 1.23. The molecule has 0 aliphatic carbocycles. The summed E-state index contributed by atoms with van der Waals surface area (Å²) in [5, 5.41) is 14.0. The molecule has 0 aliphatic rings. The summed E-state index contributed by atoms with van der Waals surface area (Å²) in [6.07, 6.45) is 0. The molecule has 7 nitrogen and oxygen atoms in total. The Morgan fingerprint density at radius 3 is 2.58 bits per heavy atom. The van der Waals surface area contributed by atoms with E-state index in [0.29, 0.717) is 22.0 Å². The van der Waals surface area contributed by atoms with Crippen LogP contribution in [0.5, 0.6) is 0 Å². The van der Waals surface area contributed by atoms with Gasteiger partial charge in [0.2, 0.25) is 0 Å². The minimum Gasteiger partial charge on any atom is -0.477 e. The number of aromatic carboxylic acids is 1. The van der Waals surface area contributed by atoms with Gasteiger partial charge in [0, 0.05) is 22.7 Å². The monoisotopic (exact) mass is 467 g/mol. The van der Waals surface area contributed by atoms with Crippen LogP contribution in [0.1, 0.15) is 21.6 Å². The molecular weight excluding hydrogens is 452 g/mol. The van der Waals surface area contributed by atoms with Crippen LogP contribution in [0.3, 0.4) is 0 Å². The topological polar surface area (TPSA) is 97.1 Å². The summed E-state index contributed by atoms with van der Waals surface area (Å²) in [6.45, 7) is 1.68. The van der Waals surface area contributed by atoms with E-state index in [4.69, 9.17) is 0 Å². The minimum atomic E-state index is -1.38. The second-order valence-electron chi connectivity index (χ2n) is 7.63. The number of nitrogens with zero attached hydrogens (tertiary/aromatic N) is 2. The number of rotatable bonds is 4. The van der Waals surface area contributed by atoms with Gasteiger partial charge in [0.05, 0.1) is 22.1 Å². The third-order valence-electron chi connectivity index (χ3n) is 5.48. The van der Waals surface area contributed by atoms with Crippen LogP contribution in [0.25, 0.3) is 27.5 Å². The number of aromatic nitrogens is 3. The van der Waals surface area contributed by atoms with E-state index in [9.17, 15) is 28.3 Å². The van der Waals surface area contributed by atoms with Crippen molar-refractivity contribution in [3.8, 4) is 5.69 Å². The molecule has 5 aromatic rings. The average molecular weight is 467 g/mol. The minimum absolute atomic E-state index is 0.0804. The summed E-state index contributed by atoms with van der Waals surface area (Å²) in [4.78, 5) is 41.2. The first kappa shape index (κ1) is 20.8. The molecule has 0 fully saturated rings. The number of thiophene rings is 1. The number of fused-ring (bicyclic) bond motifs is 2. The largest absolute Gasteiger partial charge is 0.477 e. The fourth-order valence-corrected chi connectivity index (χ4v) is 4.78. The van der Waals surface area contributed by atoms with Crippen molar-refractivity contribution in [1.82, 2.24) is 14.1 Å². The Hall–Kier alpha value is -4.05. The maximum atomic E-state index is 13.8. The van der Waals surface area contributed by atoms with Gasteiger partial charge in [-0.25, -0.2) is 22.9 Å². The number of aromatic amines is 1. The smallest absolute Gasteiger partial charge is 0.354 e. The maximum Gasteiger partial charge on any atom is 0.354 e. The van der Waals surface area contributed by atoms with E-state index < -0.39 is 28.9 Å². The summed E-state index contributed by atoms with van der Waals surface area (Å²) in [5.74, 6) is -3.46. The molecule has 5 rings (SSSR count). The highest BCUT2D eigenvalue weighted by Gasteiger charge is 2.27. The number of carboxylic acids is 1. The van der Waals surface area contributed by atoms with Crippen LogP contribution in [0.2, 0.25) is 0 Å². The van der Waals surface area contributed by atoms with Gasteiger partial charge in [-0.1, -0.05) is 17.7 Å². The van der Waals surface area contributed by atoms with Gasteiger partial charge in [-0.3, -0.25) is 4.79 Å². The van der Waals surface area contributed by atoms with Crippen LogP contribution < -0.4 is 11.2 Å². The van der Waals surface area contributed by atoms with Gasteiger partial charge in [-0.05, 0) is 36.8 Å². The van der Waals surface area contributed by atoms with Crippen LogP contribution in [0.4, 0.5) is 8.78 Å². The fraction of sp³-hybridized carbons (Fsp3) is 0.0870. The van der Waals surface area contributed by atoms with Crippen LogP contribution in [-0.2, 0) is 6.54 Å². The standard InChI is InChI=1S/C23H15F2N3O4S/c1-11-2-5-18-13(6-11)19(28-21(29)14-9-33-10-17(14)26-23(28)32)20(22(30)31)27(18)8-12-3-4-15(24)16(25)7-12/h2-7,9-10H,8H2,1H3,(H,26,32)(H,30,31). The second-order valence-corrected chi connectivity index (χ2v) is 8.37. The Labute approximate surface area is 187 Å². The molecule has 3 aromatic heterocycles. The highest BCUT2D eigenvalue weighted by atomic mass is 32.1. The lowest BCUT2D eigenvalue weighted by Gasteiger charge is -2.10.